The first-order valence-corrected chi connectivity index (χ1v) is 5.92. The van der Waals surface area contributed by atoms with Crippen LogP contribution in [0.25, 0.3) is 0 Å². The SMILES string of the molecule is CCCCC1(CCCC)CONCN1. The van der Waals surface area contributed by atoms with Gasteiger partial charge in [0, 0.05) is 5.54 Å². The number of hydroxylamine groups is 1. The molecule has 0 radical (unpaired) electrons. The normalized spacial score (nSPS) is 21.0. The van der Waals surface area contributed by atoms with E-state index in [-0.39, 0.29) is 5.54 Å². The maximum atomic E-state index is 5.37. The van der Waals surface area contributed by atoms with Gasteiger partial charge in [0.2, 0.25) is 0 Å². The third-order valence-electron chi connectivity index (χ3n) is 3.00. The summed E-state index contributed by atoms with van der Waals surface area (Å²) >= 11 is 0. The van der Waals surface area contributed by atoms with Crippen LogP contribution in [-0.4, -0.2) is 18.8 Å². The van der Waals surface area contributed by atoms with Crippen molar-refractivity contribution in [1.82, 2.24) is 10.8 Å². The standard InChI is InChI=1S/C11H24N2O/c1-3-5-7-11(8-6-4-2)9-14-13-10-12-11/h12-13H,3-10H2,1-2H3. The number of unbranched alkanes of at least 4 members (excludes halogenated alkanes) is 2. The van der Waals surface area contributed by atoms with Crippen molar-refractivity contribution in [3.05, 3.63) is 0 Å². The summed E-state index contributed by atoms with van der Waals surface area (Å²) in [5, 5.41) is 3.57. The first-order chi connectivity index (χ1) is 6.83. The predicted molar refractivity (Wildman–Crippen MR) is 58.9 cm³/mol. The van der Waals surface area contributed by atoms with E-state index in [2.05, 4.69) is 24.6 Å². The van der Waals surface area contributed by atoms with Crippen molar-refractivity contribution in [2.45, 2.75) is 57.9 Å². The van der Waals surface area contributed by atoms with E-state index in [0.717, 1.165) is 13.3 Å². The Morgan fingerprint density at radius 3 is 2.21 bits per heavy atom. The summed E-state index contributed by atoms with van der Waals surface area (Å²) in [7, 11) is 0. The van der Waals surface area contributed by atoms with Crippen LogP contribution in [-0.2, 0) is 4.84 Å². The van der Waals surface area contributed by atoms with Gasteiger partial charge in [-0.15, -0.1) is 0 Å². The number of nitrogens with one attached hydrogen (secondary N) is 2. The van der Waals surface area contributed by atoms with Gasteiger partial charge in [-0.1, -0.05) is 39.5 Å². The van der Waals surface area contributed by atoms with E-state index in [1.165, 1.54) is 38.5 Å². The summed E-state index contributed by atoms with van der Waals surface area (Å²) in [6, 6.07) is 0. The molecule has 14 heavy (non-hydrogen) atoms. The van der Waals surface area contributed by atoms with E-state index in [9.17, 15) is 0 Å². The summed E-state index contributed by atoms with van der Waals surface area (Å²) in [5.74, 6) is 0. The Morgan fingerprint density at radius 1 is 1.14 bits per heavy atom. The lowest BCUT2D eigenvalue weighted by molar-refractivity contribution is -0.0555. The molecule has 84 valence electrons. The summed E-state index contributed by atoms with van der Waals surface area (Å²) in [4.78, 5) is 5.37. The van der Waals surface area contributed by atoms with E-state index >= 15 is 0 Å². The van der Waals surface area contributed by atoms with E-state index in [1.54, 1.807) is 0 Å². The Labute approximate surface area is 87.6 Å². The van der Waals surface area contributed by atoms with Crippen LogP contribution in [0.15, 0.2) is 0 Å². The molecule has 1 fully saturated rings. The van der Waals surface area contributed by atoms with Crippen LogP contribution in [0.2, 0.25) is 0 Å². The fraction of sp³-hybridized carbons (Fsp3) is 1.00. The molecule has 1 heterocycles. The van der Waals surface area contributed by atoms with Gasteiger partial charge in [0.1, 0.15) is 0 Å². The Bertz CT molecular complexity index is 134. The van der Waals surface area contributed by atoms with Gasteiger partial charge in [-0.3, -0.25) is 10.2 Å². The summed E-state index contributed by atoms with van der Waals surface area (Å²) in [6.45, 7) is 6.09. The highest BCUT2D eigenvalue weighted by molar-refractivity contribution is 4.88. The largest absolute Gasteiger partial charge is 0.299 e. The van der Waals surface area contributed by atoms with Gasteiger partial charge in [0.15, 0.2) is 0 Å². The van der Waals surface area contributed by atoms with E-state index in [0.29, 0.717) is 0 Å². The second-order valence-corrected chi connectivity index (χ2v) is 4.27. The quantitative estimate of drug-likeness (QED) is 0.689. The van der Waals surface area contributed by atoms with Gasteiger partial charge in [-0.05, 0) is 12.8 Å². The Hall–Kier alpha value is -0.120. The highest BCUT2D eigenvalue weighted by Crippen LogP contribution is 2.23. The highest BCUT2D eigenvalue weighted by Gasteiger charge is 2.30. The molecule has 0 bridgehead atoms. The van der Waals surface area contributed by atoms with Gasteiger partial charge >= 0.3 is 0 Å². The second kappa shape index (κ2) is 6.38. The average molecular weight is 200 g/mol. The summed E-state index contributed by atoms with van der Waals surface area (Å²) in [6.07, 6.45) is 7.60. The number of rotatable bonds is 6. The van der Waals surface area contributed by atoms with Crippen molar-refractivity contribution in [2.24, 2.45) is 0 Å². The van der Waals surface area contributed by atoms with Crippen molar-refractivity contribution in [2.75, 3.05) is 13.3 Å². The molecule has 1 saturated heterocycles. The smallest absolute Gasteiger partial charge is 0.0864 e. The molecular formula is C11H24N2O. The second-order valence-electron chi connectivity index (χ2n) is 4.27. The molecule has 0 aromatic carbocycles. The molecule has 3 heteroatoms. The molecule has 2 N–H and O–H groups in total. The van der Waals surface area contributed by atoms with Gasteiger partial charge in [0.25, 0.3) is 0 Å². The fourth-order valence-corrected chi connectivity index (χ4v) is 1.99. The fourth-order valence-electron chi connectivity index (χ4n) is 1.99. The summed E-state index contributed by atoms with van der Waals surface area (Å²) < 4.78 is 0. The molecule has 0 aromatic heterocycles. The first kappa shape index (κ1) is 12.0. The number of hydrogen-bond donors (Lipinski definition) is 2. The zero-order valence-electron chi connectivity index (χ0n) is 9.57. The maximum absolute atomic E-state index is 5.37. The zero-order valence-corrected chi connectivity index (χ0v) is 9.57. The minimum atomic E-state index is 0.247. The van der Waals surface area contributed by atoms with Gasteiger partial charge in [-0.2, -0.15) is 5.48 Å². The molecule has 0 unspecified atom stereocenters. The topological polar surface area (TPSA) is 33.3 Å². The van der Waals surface area contributed by atoms with Crippen LogP contribution < -0.4 is 10.8 Å². The Balaban J connectivity index is 2.39. The van der Waals surface area contributed by atoms with Crippen LogP contribution in [0, 0.1) is 0 Å². The van der Waals surface area contributed by atoms with E-state index in [4.69, 9.17) is 4.84 Å². The highest BCUT2D eigenvalue weighted by atomic mass is 16.6. The predicted octanol–water partition coefficient (Wildman–Crippen LogP) is 2.19. The Morgan fingerprint density at radius 2 is 1.79 bits per heavy atom. The lowest BCUT2D eigenvalue weighted by Gasteiger charge is -2.38. The van der Waals surface area contributed by atoms with Crippen LogP contribution in [0.3, 0.4) is 0 Å². The molecule has 0 aromatic rings. The van der Waals surface area contributed by atoms with Crippen molar-refractivity contribution < 1.29 is 4.84 Å². The van der Waals surface area contributed by atoms with E-state index < -0.39 is 0 Å². The summed E-state index contributed by atoms with van der Waals surface area (Å²) in [5.41, 5.74) is 3.13. The molecule has 0 spiro atoms. The van der Waals surface area contributed by atoms with Gasteiger partial charge in [0.05, 0.1) is 13.3 Å². The lowest BCUT2D eigenvalue weighted by Crippen LogP contribution is -2.57. The van der Waals surface area contributed by atoms with Crippen molar-refractivity contribution in [3.8, 4) is 0 Å². The molecule has 1 rings (SSSR count). The monoisotopic (exact) mass is 200 g/mol. The van der Waals surface area contributed by atoms with Crippen molar-refractivity contribution in [1.29, 1.82) is 0 Å². The molecule has 0 amide bonds. The average Bonchev–Trinajstić information content (AvgIpc) is 2.25. The first-order valence-electron chi connectivity index (χ1n) is 5.92. The Kier molecular flexibility index (Phi) is 5.45. The lowest BCUT2D eigenvalue weighted by atomic mass is 9.88. The van der Waals surface area contributed by atoms with Crippen LogP contribution >= 0.6 is 0 Å². The third kappa shape index (κ3) is 3.56. The molecule has 0 saturated carbocycles. The molecular weight excluding hydrogens is 176 g/mol. The minimum Gasteiger partial charge on any atom is -0.299 e. The van der Waals surface area contributed by atoms with Crippen molar-refractivity contribution >= 4 is 0 Å². The van der Waals surface area contributed by atoms with Crippen LogP contribution in [0.1, 0.15) is 52.4 Å². The zero-order chi connectivity index (χ0) is 10.3. The number of hydrogen-bond acceptors (Lipinski definition) is 3. The third-order valence-corrected chi connectivity index (χ3v) is 3.00. The maximum Gasteiger partial charge on any atom is 0.0864 e. The van der Waals surface area contributed by atoms with Crippen LogP contribution in [0.5, 0.6) is 0 Å². The van der Waals surface area contributed by atoms with Crippen LogP contribution in [0.4, 0.5) is 0 Å². The molecule has 0 aliphatic carbocycles. The molecule has 1 aliphatic rings. The minimum absolute atomic E-state index is 0.247. The van der Waals surface area contributed by atoms with Crippen molar-refractivity contribution in [3.63, 3.8) is 0 Å². The molecule has 1 aliphatic heterocycles. The van der Waals surface area contributed by atoms with E-state index in [1.807, 2.05) is 0 Å². The van der Waals surface area contributed by atoms with Gasteiger partial charge in [-0.25, -0.2) is 0 Å². The van der Waals surface area contributed by atoms with Gasteiger partial charge < -0.3 is 0 Å². The molecule has 3 nitrogen and oxygen atoms in total. The molecule has 0 atom stereocenters.